The van der Waals surface area contributed by atoms with Crippen LogP contribution in [0.4, 0.5) is 10.5 Å². The molecule has 0 bridgehead atoms. The Morgan fingerprint density at radius 1 is 1.44 bits per heavy atom. The Morgan fingerprint density at radius 2 is 2.00 bits per heavy atom. The molecule has 1 rings (SSSR count). The third kappa shape index (κ3) is 4.31. The molecule has 0 radical (unpaired) electrons. The summed E-state index contributed by atoms with van der Waals surface area (Å²) in [4.78, 5) is 13.0. The van der Waals surface area contributed by atoms with Crippen LogP contribution in [-0.4, -0.2) is 35.6 Å². The van der Waals surface area contributed by atoms with Gasteiger partial charge in [0.2, 0.25) is 0 Å². The molecule has 98 valence electrons. The number of oxime groups is 1. The minimum atomic E-state index is -0.431. The largest absolute Gasteiger partial charge is 0.409 e. The van der Waals surface area contributed by atoms with E-state index in [4.69, 9.17) is 34.1 Å². The highest BCUT2D eigenvalue weighted by atomic mass is 35.5. The molecule has 6 nitrogen and oxygen atoms in total. The van der Waals surface area contributed by atoms with Gasteiger partial charge in [0.25, 0.3) is 0 Å². The van der Waals surface area contributed by atoms with E-state index in [0.717, 1.165) is 0 Å². The molecule has 0 heterocycles. The molecule has 0 atom stereocenters. The molecular formula is C10H12Cl2N4O2. The number of amides is 2. The van der Waals surface area contributed by atoms with Gasteiger partial charge in [-0.25, -0.2) is 4.79 Å². The van der Waals surface area contributed by atoms with Gasteiger partial charge in [0, 0.05) is 22.8 Å². The first-order chi connectivity index (χ1) is 8.42. The number of carbonyl (C=O) groups is 1. The molecule has 4 N–H and O–H groups in total. The molecule has 2 amide bonds. The van der Waals surface area contributed by atoms with Crippen LogP contribution in [-0.2, 0) is 0 Å². The van der Waals surface area contributed by atoms with Gasteiger partial charge in [-0.15, -0.1) is 0 Å². The van der Waals surface area contributed by atoms with Crippen molar-refractivity contribution in [2.75, 3.05) is 18.9 Å². The van der Waals surface area contributed by atoms with Crippen molar-refractivity contribution in [2.24, 2.45) is 10.9 Å². The number of amidine groups is 1. The number of urea groups is 1. The van der Waals surface area contributed by atoms with Gasteiger partial charge in [-0.3, -0.25) is 0 Å². The normalized spacial score (nSPS) is 11.2. The Kier molecular flexibility index (Phi) is 5.06. The Bertz CT molecular complexity index is 459. The number of halogens is 2. The summed E-state index contributed by atoms with van der Waals surface area (Å²) in [5.74, 6) is -0.0724. The van der Waals surface area contributed by atoms with E-state index in [0.29, 0.717) is 15.7 Å². The van der Waals surface area contributed by atoms with Crippen molar-refractivity contribution in [1.82, 2.24) is 4.90 Å². The molecule has 1 aromatic rings. The van der Waals surface area contributed by atoms with Crippen LogP contribution in [0.2, 0.25) is 10.0 Å². The van der Waals surface area contributed by atoms with Gasteiger partial charge in [-0.2, -0.15) is 0 Å². The molecule has 0 saturated carbocycles. The number of nitrogens with two attached hydrogens (primary N) is 1. The van der Waals surface area contributed by atoms with Crippen LogP contribution >= 0.6 is 23.2 Å². The minimum absolute atomic E-state index is 0.00334. The summed E-state index contributed by atoms with van der Waals surface area (Å²) < 4.78 is 0. The number of hydrogen-bond acceptors (Lipinski definition) is 3. The number of likely N-dealkylation sites (N-methyl/N-ethyl adjacent to an activating group) is 1. The van der Waals surface area contributed by atoms with Crippen molar-refractivity contribution >= 4 is 40.8 Å². The van der Waals surface area contributed by atoms with E-state index < -0.39 is 6.03 Å². The first-order valence-electron chi connectivity index (χ1n) is 4.87. The quantitative estimate of drug-likeness (QED) is 0.345. The van der Waals surface area contributed by atoms with Crippen molar-refractivity contribution in [1.29, 1.82) is 0 Å². The maximum absolute atomic E-state index is 11.7. The number of benzene rings is 1. The molecule has 8 heteroatoms. The fourth-order valence-corrected chi connectivity index (χ4v) is 1.72. The standard InChI is InChI=1S/C10H12Cl2N4O2/c1-16(5-9(13)15-18)10(17)14-8-3-6(11)2-7(12)4-8/h2-4,18H,5H2,1H3,(H2,13,15)(H,14,17). The zero-order valence-corrected chi connectivity index (χ0v) is 11.0. The lowest BCUT2D eigenvalue weighted by Crippen LogP contribution is -2.38. The highest BCUT2D eigenvalue weighted by Gasteiger charge is 2.11. The minimum Gasteiger partial charge on any atom is -0.409 e. The van der Waals surface area contributed by atoms with E-state index in [1.165, 1.54) is 11.9 Å². The number of nitrogens with zero attached hydrogens (tertiary/aromatic N) is 2. The third-order valence-corrected chi connectivity index (χ3v) is 2.42. The first-order valence-corrected chi connectivity index (χ1v) is 5.62. The van der Waals surface area contributed by atoms with Crippen molar-refractivity contribution < 1.29 is 10.0 Å². The van der Waals surface area contributed by atoms with Crippen LogP contribution in [0.1, 0.15) is 0 Å². The van der Waals surface area contributed by atoms with Gasteiger partial charge in [0.1, 0.15) is 0 Å². The summed E-state index contributed by atoms with van der Waals surface area (Å²) in [5, 5.41) is 14.6. The lowest BCUT2D eigenvalue weighted by atomic mass is 10.3. The Hall–Kier alpha value is -1.66. The summed E-state index contributed by atoms with van der Waals surface area (Å²) in [6.07, 6.45) is 0. The van der Waals surface area contributed by atoms with Gasteiger partial charge in [0.15, 0.2) is 5.84 Å². The monoisotopic (exact) mass is 290 g/mol. The van der Waals surface area contributed by atoms with Gasteiger partial charge in [0.05, 0.1) is 6.54 Å². The fourth-order valence-electron chi connectivity index (χ4n) is 1.19. The SMILES string of the molecule is CN(C/C(N)=N/O)C(=O)Nc1cc(Cl)cc(Cl)c1. The van der Waals surface area contributed by atoms with Crippen LogP contribution in [0.25, 0.3) is 0 Å². The maximum Gasteiger partial charge on any atom is 0.321 e. The number of rotatable bonds is 3. The second-order valence-electron chi connectivity index (χ2n) is 3.54. The second-order valence-corrected chi connectivity index (χ2v) is 4.41. The first kappa shape index (κ1) is 14.4. The summed E-state index contributed by atoms with van der Waals surface area (Å²) in [5.41, 5.74) is 5.75. The zero-order valence-electron chi connectivity index (χ0n) is 9.52. The smallest absolute Gasteiger partial charge is 0.321 e. The van der Waals surface area contributed by atoms with Gasteiger partial charge in [-0.1, -0.05) is 28.4 Å². The van der Waals surface area contributed by atoms with E-state index in [1.54, 1.807) is 18.2 Å². The van der Waals surface area contributed by atoms with E-state index in [1.807, 2.05) is 0 Å². The van der Waals surface area contributed by atoms with E-state index in [9.17, 15) is 4.79 Å². The Labute approximate surface area is 114 Å². The summed E-state index contributed by atoms with van der Waals surface area (Å²) >= 11 is 11.6. The van der Waals surface area contributed by atoms with E-state index in [-0.39, 0.29) is 12.4 Å². The predicted molar refractivity (Wildman–Crippen MR) is 71.5 cm³/mol. The van der Waals surface area contributed by atoms with Gasteiger partial charge in [-0.05, 0) is 18.2 Å². The lowest BCUT2D eigenvalue weighted by Gasteiger charge is -2.17. The summed E-state index contributed by atoms with van der Waals surface area (Å²) in [6.45, 7) is -0.00334. The summed E-state index contributed by atoms with van der Waals surface area (Å²) in [6, 6.07) is 4.24. The van der Waals surface area contributed by atoms with Gasteiger partial charge < -0.3 is 21.2 Å². The number of anilines is 1. The molecule has 0 saturated heterocycles. The zero-order chi connectivity index (χ0) is 13.7. The van der Waals surface area contributed by atoms with Crippen molar-refractivity contribution in [2.45, 2.75) is 0 Å². The Balaban J connectivity index is 2.69. The predicted octanol–water partition coefficient (Wildman–Crippen LogP) is 2.20. The van der Waals surface area contributed by atoms with Crippen LogP contribution in [0.5, 0.6) is 0 Å². The average Bonchev–Trinajstić information content (AvgIpc) is 2.27. The summed E-state index contributed by atoms with van der Waals surface area (Å²) in [7, 11) is 1.50. The fraction of sp³-hybridized carbons (Fsp3) is 0.200. The number of hydrogen-bond donors (Lipinski definition) is 3. The lowest BCUT2D eigenvalue weighted by molar-refractivity contribution is 0.227. The molecule has 0 unspecified atom stereocenters. The topological polar surface area (TPSA) is 90.9 Å². The molecule has 0 fully saturated rings. The highest BCUT2D eigenvalue weighted by Crippen LogP contribution is 2.22. The second kappa shape index (κ2) is 6.32. The molecule has 0 aliphatic heterocycles. The van der Waals surface area contributed by atoms with Crippen LogP contribution in [0.15, 0.2) is 23.4 Å². The Morgan fingerprint density at radius 3 is 2.50 bits per heavy atom. The van der Waals surface area contributed by atoms with E-state index >= 15 is 0 Å². The molecular weight excluding hydrogens is 279 g/mol. The van der Waals surface area contributed by atoms with Crippen molar-refractivity contribution in [3.8, 4) is 0 Å². The number of carbonyl (C=O) groups excluding carboxylic acids is 1. The molecule has 18 heavy (non-hydrogen) atoms. The third-order valence-electron chi connectivity index (χ3n) is 1.99. The van der Waals surface area contributed by atoms with Crippen LogP contribution < -0.4 is 11.1 Å². The molecule has 0 aliphatic carbocycles. The van der Waals surface area contributed by atoms with Crippen molar-refractivity contribution in [3.05, 3.63) is 28.2 Å². The highest BCUT2D eigenvalue weighted by molar-refractivity contribution is 6.35. The van der Waals surface area contributed by atoms with Crippen molar-refractivity contribution in [3.63, 3.8) is 0 Å². The number of nitrogens with one attached hydrogen (secondary N) is 1. The maximum atomic E-state index is 11.7. The molecule has 0 aromatic heterocycles. The van der Waals surface area contributed by atoms with Crippen LogP contribution in [0.3, 0.4) is 0 Å². The molecule has 0 aliphatic rings. The average molecular weight is 291 g/mol. The van der Waals surface area contributed by atoms with E-state index in [2.05, 4.69) is 10.5 Å². The molecule has 0 spiro atoms. The molecule has 1 aromatic carbocycles. The van der Waals surface area contributed by atoms with Crippen LogP contribution in [0, 0.1) is 0 Å². The van der Waals surface area contributed by atoms with Gasteiger partial charge >= 0.3 is 6.03 Å².